The highest BCUT2D eigenvalue weighted by Crippen LogP contribution is 2.39. The van der Waals surface area contributed by atoms with E-state index in [0.29, 0.717) is 37.2 Å². The summed E-state index contributed by atoms with van der Waals surface area (Å²) in [6.45, 7) is 5.41. The van der Waals surface area contributed by atoms with Crippen LogP contribution in [0.5, 0.6) is 5.75 Å². The molecule has 8 heteroatoms. The number of nitrogens with zero attached hydrogens (tertiary/aromatic N) is 2. The predicted octanol–water partition coefficient (Wildman–Crippen LogP) is 1.24. The number of Topliss-reactive ketones (excluding diaryl/α,β-unsaturated/α-hetero) is 1. The number of carbonyl (C=O) groups is 3. The van der Waals surface area contributed by atoms with E-state index in [9.17, 15) is 14.4 Å². The van der Waals surface area contributed by atoms with Crippen LogP contribution in [-0.2, 0) is 14.3 Å². The van der Waals surface area contributed by atoms with Crippen LogP contribution >= 0.6 is 0 Å². The Kier molecular flexibility index (Phi) is 6.87. The van der Waals surface area contributed by atoms with Gasteiger partial charge in [0.1, 0.15) is 11.4 Å². The maximum atomic E-state index is 12.6. The SMILES string of the molecule is O=C(CN1CCC2(CCC1=O)CC(=O)c1ccccc1O2)NCCCN1CCOCC1. The molecule has 2 saturated heterocycles. The summed E-state index contributed by atoms with van der Waals surface area (Å²) in [5.74, 6) is 0.450. The minimum atomic E-state index is -0.662. The molecule has 0 bridgehead atoms. The highest BCUT2D eigenvalue weighted by atomic mass is 16.5. The van der Waals surface area contributed by atoms with Crippen LogP contribution in [0.1, 0.15) is 42.5 Å². The Morgan fingerprint density at radius 2 is 1.90 bits per heavy atom. The third-order valence-corrected chi connectivity index (χ3v) is 6.39. The van der Waals surface area contributed by atoms with E-state index in [0.717, 1.165) is 39.3 Å². The second kappa shape index (κ2) is 9.78. The van der Waals surface area contributed by atoms with Crippen molar-refractivity contribution in [2.45, 2.75) is 37.7 Å². The molecule has 31 heavy (non-hydrogen) atoms. The van der Waals surface area contributed by atoms with Gasteiger partial charge in [0.25, 0.3) is 0 Å². The van der Waals surface area contributed by atoms with Gasteiger partial charge in [0.2, 0.25) is 11.8 Å². The lowest BCUT2D eigenvalue weighted by atomic mass is 9.84. The van der Waals surface area contributed by atoms with Gasteiger partial charge in [0.05, 0.1) is 31.7 Å². The zero-order valence-corrected chi connectivity index (χ0v) is 17.9. The maximum absolute atomic E-state index is 12.6. The molecule has 3 aliphatic rings. The topological polar surface area (TPSA) is 88.2 Å². The summed E-state index contributed by atoms with van der Waals surface area (Å²) in [5, 5.41) is 2.93. The van der Waals surface area contributed by atoms with Gasteiger partial charge in [0.15, 0.2) is 5.78 Å². The number of fused-ring (bicyclic) bond motifs is 1. The van der Waals surface area contributed by atoms with E-state index >= 15 is 0 Å². The fraction of sp³-hybridized carbons (Fsp3) is 0.609. The van der Waals surface area contributed by atoms with E-state index in [1.807, 2.05) is 18.2 Å². The molecule has 2 fully saturated rings. The van der Waals surface area contributed by atoms with Crippen LogP contribution in [0, 0.1) is 0 Å². The normalized spacial score (nSPS) is 24.5. The lowest BCUT2D eigenvalue weighted by Crippen LogP contribution is -2.44. The smallest absolute Gasteiger partial charge is 0.239 e. The molecule has 4 rings (SSSR count). The van der Waals surface area contributed by atoms with Crippen molar-refractivity contribution in [1.82, 2.24) is 15.1 Å². The Bertz CT molecular complexity index is 823. The first kappa shape index (κ1) is 21.8. The summed E-state index contributed by atoms with van der Waals surface area (Å²) in [4.78, 5) is 41.6. The highest BCUT2D eigenvalue weighted by molar-refractivity contribution is 6.00. The summed E-state index contributed by atoms with van der Waals surface area (Å²) >= 11 is 0. The molecule has 1 unspecified atom stereocenters. The second-order valence-electron chi connectivity index (χ2n) is 8.60. The number of carbonyl (C=O) groups excluding carboxylic acids is 3. The lowest BCUT2D eigenvalue weighted by Gasteiger charge is -2.37. The minimum Gasteiger partial charge on any atom is -0.486 e. The predicted molar refractivity (Wildman–Crippen MR) is 114 cm³/mol. The van der Waals surface area contributed by atoms with Crippen molar-refractivity contribution in [3.05, 3.63) is 29.8 Å². The number of morpholine rings is 1. The van der Waals surface area contributed by atoms with Gasteiger partial charge in [-0.05, 0) is 31.5 Å². The van der Waals surface area contributed by atoms with E-state index in [4.69, 9.17) is 9.47 Å². The number of hydrogen-bond donors (Lipinski definition) is 1. The van der Waals surface area contributed by atoms with Crippen molar-refractivity contribution in [3.63, 3.8) is 0 Å². The van der Waals surface area contributed by atoms with Crippen LogP contribution in [0.15, 0.2) is 24.3 Å². The number of hydrogen-bond acceptors (Lipinski definition) is 6. The zero-order valence-electron chi connectivity index (χ0n) is 17.9. The van der Waals surface area contributed by atoms with E-state index < -0.39 is 5.60 Å². The van der Waals surface area contributed by atoms with E-state index in [1.165, 1.54) is 0 Å². The highest BCUT2D eigenvalue weighted by Gasteiger charge is 2.43. The number of amides is 2. The second-order valence-corrected chi connectivity index (χ2v) is 8.60. The first-order valence-corrected chi connectivity index (χ1v) is 11.2. The zero-order chi connectivity index (χ0) is 21.7. The molecule has 168 valence electrons. The molecular formula is C23H31N3O5. The molecule has 0 aromatic heterocycles. The standard InChI is InChI=1S/C23H31N3O5/c27-19-16-23(31-20-5-2-1-4-18(19)20)7-6-22(29)26(11-8-23)17-21(28)24-9-3-10-25-12-14-30-15-13-25/h1-2,4-5H,3,6-17H2,(H,24,28). The van der Waals surface area contributed by atoms with Crippen LogP contribution in [0.4, 0.5) is 0 Å². The van der Waals surface area contributed by atoms with Crippen molar-refractivity contribution in [2.75, 3.05) is 52.5 Å². The van der Waals surface area contributed by atoms with E-state index in [-0.39, 0.29) is 37.0 Å². The summed E-state index contributed by atoms with van der Waals surface area (Å²) < 4.78 is 11.6. The number of benzene rings is 1. The van der Waals surface area contributed by atoms with Crippen LogP contribution in [0.25, 0.3) is 0 Å². The molecule has 8 nitrogen and oxygen atoms in total. The Morgan fingerprint density at radius 3 is 2.74 bits per heavy atom. The van der Waals surface area contributed by atoms with Gasteiger partial charge in [0, 0.05) is 39.0 Å². The monoisotopic (exact) mass is 429 g/mol. The van der Waals surface area contributed by atoms with Crippen LogP contribution in [-0.4, -0.2) is 85.5 Å². The average molecular weight is 430 g/mol. The Morgan fingerprint density at radius 1 is 1.10 bits per heavy atom. The van der Waals surface area contributed by atoms with E-state index in [1.54, 1.807) is 11.0 Å². The quantitative estimate of drug-likeness (QED) is 0.685. The van der Waals surface area contributed by atoms with E-state index in [2.05, 4.69) is 10.2 Å². The fourth-order valence-electron chi connectivity index (χ4n) is 4.56. The third-order valence-electron chi connectivity index (χ3n) is 6.39. The number of likely N-dealkylation sites (tertiary alicyclic amines) is 1. The molecule has 1 aromatic rings. The molecule has 0 radical (unpaired) electrons. The molecule has 1 spiro atoms. The number of ketones is 1. The Labute approximate surface area is 182 Å². The van der Waals surface area contributed by atoms with Gasteiger partial charge in [-0.25, -0.2) is 0 Å². The lowest BCUT2D eigenvalue weighted by molar-refractivity contribution is -0.135. The van der Waals surface area contributed by atoms with Crippen molar-refractivity contribution < 1.29 is 23.9 Å². The number of para-hydroxylation sites is 1. The molecule has 3 heterocycles. The Hall–Kier alpha value is -2.45. The molecule has 1 N–H and O–H groups in total. The number of nitrogens with one attached hydrogen (secondary N) is 1. The molecule has 0 aliphatic carbocycles. The molecule has 1 aromatic carbocycles. The third kappa shape index (κ3) is 5.43. The van der Waals surface area contributed by atoms with Crippen LogP contribution in [0.2, 0.25) is 0 Å². The molecule has 1 atom stereocenters. The van der Waals surface area contributed by atoms with Gasteiger partial charge in [-0.3, -0.25) is 19.3 Å². The first-order chi connectivity index (χ1) is 15.0. The molecule has 0 saturated carbocycles. The van der Waals surface area contributed by atoms with Gasteiger partial charge < -0.3 is 19.7 Å². The fourth-order valence-corrected chi connectivity index (χ4v) is 4.56. The van der Waals surface area contributed by atoms with Crippen LogP contribution < -0.4 is 10.1 Å². The summed E-state index contributed by atoms with van der Waals surface area (Å²) in [6.07, 6.45) is 2.46. The van der Waals surface area contributed by atoms with Crippen molar-refractivity contribution in [3.8, 4) is 5.75 Å². The molecule has 3 aliphatic heterocycles. The van der Waals surface area contributed by atoms with Gasteiger partial charge in [-0.2, -0.15) is 0 Å². The van der Waals surface area contributed by atoms with Crippen molar-refractivity contribution >= 4 is 17.6 Å². The minimum absolute atomic E-state index is 0.0526. The first-order valence-electron chi connectivity index (χ1n) is 11.2. The summed E-state index contributed by atoms with van der Waals surface area (Å²) in [6, 6.07) is 7.27. The average Bonchev–Trinajstić information content (AvgIpc) is 2.92. The number of ether oxygens (including phenoxy) is 2. The Balaban J connectivity index is 1.25. The largest absolute Gasteiger partial charge is 0.486 e. The van der Waals surface area contributed by atoms with Crippen LogP contribution in [0.3, 0.4) is 0 Å². The van der Waals surface area contributed by atoms with Gasteiger partial charge >= 0.3 is 0 Å². The maximum Gasteiger partial charge on any atom is 0.239 e. The van der Waals surface area contributed by atoms with Crippen molar-refractivity contribution in [2.24, 2.45) is 0 Å². The van der Waals surface area contributed by atoms with Gasteiger partial charge in [-0.1, -0.05) is 12.1 Å². The van der Waals surface area contributed by atoms with Crippen molar-refractivity contribution in [1.29, 1.82) is 0 Å². The molecular weight excluding hydrogens is 398 g/mol. The number of rotatable bonds is 6. The molecule has 2 amide bonds. The summed E-state index contributed by atoms with van der Waals surface area (Å²) in [5.41, 5.74) is -0.0539. The van der Waals surface area contributed by atoms with Gasteiger partial charge in [-0.15, -0.1) is 0 Å². The summed E-state index contributed by atoms with van der Waals surface area (Å²) in [7, 11) is 0.